The molecule has 1 aromatic heterocycles. The van der Waals surface area contributed by atoms with Crippen LogP contribution in [0.25, 0.3) is 10.8 Å². The third-order valence-corrected chi connectivity index (χ3v) is 4.25. The number of carbonyl (C=O) groups excluding carboxylic acids is 1. The summed E-state index contributed by atoms with van der Waals surface area (Å²) < 4.78 is 0. The van der Waals surface area contributed by atoms with Crippen LogP contribution < -0.4 is 5.32 Å². The van der Waals surface area contributed by atoms with E-state index in [0.29, 0.717) is 0 Å². The first-order valence-corrected chi connectivity index (χ1v) is 7.20. The highest BCUT2D eigenvalue weighted by atomic mass is 32.2. The van der Waals surface area contributed by atoms with Crippen LogP contribution in [0.3, 0.4) is 0 Å². The highest BCUT2D eigenvalue weighted by Gasteiger charge is 2.23. The summed E-state index contributed by atoms with van der Waals surface area (Å²) in [6.07, 6.45) is 3.53. The normalized spacial score (nSPS) is 19.9. The molecule has 0 aliphatic carbocycles. The van der Waals surface area contributed by atoms with E-state index in [9.17, 15) is 4.79 Å². The average molecular weight is 258 g/mol. The first kappa shape index (κ1) is 11.7. The summed E-state index contributed by atoms with van der Waals surface area (Å²) in [5, 5.41) is 5.31. The van der Waals surface area contributed by atoms with Crippen molar-refractivity contribution in [2.75, 3.05) is 18.1 Å². The minimum atomic E-state index is -0.0606. The quantitative estimate of drug-likeness (QED) is 0.838. The molecule has 0 radical (unpaired) electrons. The summed E-state index contributed by atoms with van der Waals surface area (Å²) in [7, 11) is 0. The van der Waals surface area contributed by atoms with E-state index in [1.807, 2.05) is 36.0 Å². The van der Waals surface area contributed by atoms with Crippen molar-refractivity contribution in [2.24, 2.45) is 0 Å². The molecular formula is C14H14N2OS. The number of thioether (sulfide) groups is 1. The van der Waals surface area contributed by atoms with E-state index in [1.165, 1.54) is 0 Å². The Balaban J connectivity index is 2.00. The molecule has 4 heteroatoms. The Morgan fingerprint density at radius 1 is 1.39 bits per heavy atom. The molecule has 0 bridgehead atoms. The largest absolute Gasteiger partial charge is 0.306 e. The summed E-state index contributed by atoms with van der Waals surface area (Å²) in [4.78, 5) is 16.6. The molecule has 2 heterocycles. The fraction of sp³-hybridized carbons (Fsp3) is 0.286. The number of rotatable bonds is 2. The van der Waals surface area contributed by atoms with Crippen LogP contribution in [0.1, 0.15) is 10.4 Å². The highest BCUT2D eigenvalue weighted by Crippen LogP contribution is 2.20. The van der Waals surface area contributed by atoms with Gasteiger partial charge < -0.3 is 5.32 Å². The maximum Gasteiger partial charge on any atom is 0.181 e. The third kappa shape index (κ3) is 2.13. The number of carbonyl (C=O) groups is 1. The average Bonchev–Trinajstić information content (AvgIpc) is 2.47. The lowest BCUT2D eigenvalue weighted by atomic mass is 9.99. The lowest BCUT2D eigenvalue weighted by Gasteiger charge is -2.22. The van der Waals surface area contributed by atoms with Crippen molar-refractivity contribution < 1.29 is 4.79 Å². The van der Waals surface area contributed by atoms with Crippen LogP contribution in [0.15, 0.2) is 36.7 Å². The molecule has 1 N–H and O–H groups in total. The number of pyridine rings is 1. The standard InChI is InChI=1S/C14H14N2OS/c17-14(13-9-18-7-6-16-13)11-3-1-2-10-4-5-15-8-12(10)11/h1-5,8,13,16H,6-7,9H2. The third-order valence-electron chi connectivity index (χ3n) is 3.19. The van der Waals surface area contributed by atoms with Gasteiger partial charge in [-0.05, 0) is 11.5 Å². The Hall–Kier alpha value is -1.39. The number of hydrogen-bond donors (Lipinski definition) is 1. The van der Waals surface area contributed by atoms with Crippen molar-refractivity contribution in [1.82, 2.24) is 10.3 Å². The second-order valence-electron chi connectivity index (χ2n) is 4.35. The molecule has 0 amide bonds. The van der Waals surface area contributed by atoms with E-state index in [1.54, 1.807) is 12.4 Å². The van der Waals surface area contributed by atoms with Gasteiger partial charge >= 0.3 is 0 Å². The molecule has 1 aliphatic rings. The Labute approximate surface area is 110 Å². The monoisotopic (exact) mass is 258 g/mol. The summed E-state index contributed by atoms with van der Waals surface area (Å²) in [5.74, 6) is 2.12. The summed E-state index contributed by atoms with van der Waals surface area (Å²) >= 11 is 1.83. The first-order chi connectivity index (χ1) is 8.86. The number of nitrogens with zero attached hydrogens (tertiary/aromatic N) is 1. The van der Waals surface area contributed by atoms with Crippen LogP contribution in [-0.2, 0) is 0 Å². The zero-order valence-electron chi connectivity index (χ0n) is 9.93. The van der Waals surface area contributed by atoms with Gasteiger partial charge in [0, 0.05) is 41.4 Å². The number of aromatic nitrogens is 1. The fourth-order valence-corrected chi connectivity index (χ4v) is 3.18. The smallest absolute Gasteiger partial charge is 0.181 e. The molecule has 92 valence electrons. The van der Waals surface area contributed by atoms with Crippen LogP contribution in [0.2, 0.25) is 0 Å². The van der Waals surface area contributed by atoms with Gasteiger partial charge in [-0.15, -0.1) is 0 Å². The maximum atomic E-state index is 12.5. The molecule has 3 nitrogen and oxygen atoms in total. The number of Topliss-reactive ketones (excluding diaryl/α,β-unsaturated/α-hetero) is 1. The summed E-state index contributed by atoms with van der Waals surface area (Å²) in [6, 6.07) is 7.72. The van der Waals surface area contributed by atoms with Crippen LogP contribution in [0, 0.1) is 0 Å². The minimum Gasteiger partial charge on any atom is -0.306 e. The van der Waals surface area contributed by atoms with Crippen molar-refractivity contribution >= 4 is 28.3 Å². The summed E-state index contributed by atoms with van der Waals surface area (Å²) in [5.41, 5.74) is 0.778. The summed E-state index contributed by atoms with van der Waals surface area (Å²) in [6.45, 7) is 0.907. The SMILES string of the molecule is O=C(c1cccc2ccncc12)C1CSCCN1. The fourth-order valence-electron chi connectivity index (χ4n) is 2.25. The van der Waals surface area contributed by atoms with Crippen LogP contribution in [0.4, 0.5) is 0 Å². The predicted octanol–water partition coefficient (Wildman–Crippen LogP) is 2.12. The molecular weight excluding hydrogens is 244 g/mol. The first-order valence-electron chi connectivity index (χ1n) is 6.04. The van der Waals surface area contributed by atoms with E-state index in [2.05, 4.69) is 10.3 Å². The van der Waals surface area contributed by atoms with Crippen LogP contribution >= 0.6 is 11.8 Å². The number of fused-ring (bicyclic) bond motifs is 1. The molecule has 1 fully saturated rings. The van der Waals surface area contributed by atoms with Crippen LogP contribution in [-0.4, -0.2) is 34.9 Å². The lowest BCUT2D eigenvalue weighted by molar-refractivity contribution is 0.0954. The molecule has 3 rings (SSSR count). The second-order valence-corrected chi connectivity index (χ2v) is 5.50. The Morgan fingerprint density at radius 3 is 3.17 bits per heavy atom. The Morgan fingerprint density at radius 2 is 2.33 bits per heavy atom. The maximum absolute atomic E-state index is 12.5. The van der Waals surface area contributed by atoms with Crippen molar-refractivity contribution in [3.63, 3.8) is 0 Å². The molecule has 1 aliphatic heterocycles. The Bertz CT molecular complexity index is 574. The van der Waals surface area contributed by atoms with E-state index >= 15 is 0 Å². The number of nitrogens with one attached hydrogen (secondary N) is 1. The van der Waals surface area contributed by atoms with Crippen molar-refractivity contribution in [3.05, 3.63) is 42.2 Å². The van der Waals surface area contributed by atoms with Crippen molar-refractivity contribution in [1.29, 1.82) is 0 Å². The minimum absolute atomic E-state index is 0.0606. The molecule has 0 saturated carbocycles. The molecule has 1 aromatic carbocycles. The van der Waals surface area contributed by atoms with Gasteiger partial charge in [0.1, 0.15) is 0 Å². The Kier molecular flexibility index (Phi) is 3.30. The van der Waals surface area contributed by atoms with Gasteiger partial charge in [0.05, 0.1) is 6.04 Å². The highest BCUT2D eigenvalue weighted by molar-refractivity contribution is 7.99. The van der Waals surface area contributed by atoms with Gasteiger partial charge in [0.15, 0.2) is 5.78 Å². The van der Waals surface area contributed by atoms with E-state index in [0.717, 1.165) is 34.4 Å². The number of ketones is 1. The van der Waals surface area contributed by atoms with Gasteiger partial charge in [-0.1, -0.05) is 18.2 Å². The van der Waals surface area contributed by atoms with Crippen LogP contribution in [0.5, 0.6) is 0 Å². The van der Waals surface area contributed by atoms with Gasteiger partial charge in [-0.2, -0.15) is 11.8 Å². The van der Waals surface area contributed by atoms with Gasteiger partial charge in [-0.25, -0.2) is 0 Å². The lowest BCUT2D eigenvalue weighted by Crippen LogP contribution is -2.43. The number of benzene rings is 1. The van der Waals surface area contributed by atoms with E-state index in [-0.39, 0.29) is 11.8 Å². The molecule has 1 saturated heterocycles. The zero-order valence-corrected chi connectivity index (χ0v) is 10.7. The van der Waals surface area contributed by atoms with Crippen molar-refractivity contribution in [2.45, 2.75) is 6.04 Å². The van der Waals surface area contributed by atoms with Gasteiger partial charge in [0.2, 0.25) is 0 Å². The second kappa shape index (κ2) is 5.08. The van der Waals surface area contributed by atoms with E-state index in [4.69, 9.17) is 0 Å². The molecule has 1 unspecified atom stereocenters. The zero-order chi connectivity index (χ0) is 12.4. The van der Waals surface area contributed by atoms with E-state index < -0.39 is 0 Å². The van der Waals surface area contributed by atoms with Gasteiger partial charge in [0.25, 0.3) is 0 Å². The molecule has 2 aromatic rings. The predicted molar refractivity (Wildman–Crippen MR) is 75.2 cm³/mol. The topological polar surface area (TPSA) is 42.0 Å². The number of hydrogen-bond acceptors (Lipinski definition) is 4. The van der Waals surface area contributed by atoms with Gasteiger partial charge in [-0.3, -0.25) is 9.78 Å². The molecule has 18 heavy (non-hydrogen) atoms. The molecule has 1 atom stereocenters. The van der Waals surface area contributed by atoms with Crippen molar-refractivity contribution in [3.8, 4) is 0 Å². The molecule has 0 spiro atoms.